The molecule has 2 aliphatic rings. The number of aromatic nitrogens is 2. The van der Waals surface area contributed by atoms with Crippen molar-refractivity contribution in [2.45, 2.75) is 19.8 Å². The Morgan fingerprint density at radius 3 is 2.26 bits per heavy atom. The maximum Gasteiger partial charge on any atom is 0.283 e. The second-order valence-corrected chi connectivity index (χ2v) is 10.9. The minimum absolute atomic E-state index is 0.00961. The number of rotatable bonds is 2. The molecule has 4 aromatic carbocycles. The van der Waals surface area contributed by atoms with E-state index in [2.05, 4.69) is 5.10 Å². The highest BCUT2D eigenvalue weighted by Gasteiger charge is 2.42. The molecule has 5 aromatic rings. The number of carbonyl (C=O) groups is 2. The lowest BCUT2D eigenvalue weighted by atomic mass is 9.75. The van der Waals surface area contributed by atoms with Crippen molar-refractivity contribution in [3.8, 4) is 45.6 Å². The Morgan fingerprint density at radius 1 is 0.837 bits per heavy atom. The molecule has 0 unspecified atom stereocenters. The Kier molecular flexibility index (Phi) is 5.60. The molecular weight excluding hydrogens is 576 g/mol. The molecule has 0 spiro atoms. The third-order valence-electron chi connectivity index (χ3n) is 8.28. The maximum absolute atomic E-state index is 13.8. The van der Waals surface area contributed by atoms with Gasteiger partial charge >= 0.3 is 0 Å². The van der Waals surface area contributed by atoms with Gasteiger partial charge in [0.2, 0.25) is 5.78 Å². The number of ether oxygens (including phenoxy) is 1. The number of phenolic OH excluding ortho intramolecular Hbond substituents is 4. The van der Waals surface area contributed by atoms with Gasteiger partial charge in [-0.2, -0.15) is 9.78 Å². The summed E-state index contributed by atoms with van der Waals surface area (Å²) in [6.45, 7) is 1.40. The molecule has 0 fully saturated rings. The summed E-state index contributed by atoms with van der Waals surface area (Å²) in [7, 11) is 1.31. The van der Waals surface area contributed by atoms with Crippen molar-refractivity contribution in [1.29, 1.82) is 0 Å². The predicted octanol–water partition coefficient (Wildman–Crippen LogP) is 4.72. The number of halogens is 1. The fourth-order valence-corrected chi connectivity index (χ4v) is 6.34. The number of nitrogens with zero attached hydrogens (tertiary/aromatic N) is 2. The summed E-state index contributed by atoms with van der Waals surface area (Å²) in [5, 5.41) is 49.4. The number of ketones is 2. The van der Waals surface area contributed by atoms with Crippen molar-refractivity contribution in [2.75, 3.05) is 7.11 Å². The van der Waals surface area contributed by atoms with E-state index >= 15 is 0 Å². The number of hydrogen-bond acceptors (Lipinski definition) is 9. The molecule has 0 saturated carbocycles. The Morgan fingerprint density at radius 2 is 1.56 bits per heavy atom. The zero-order valence-corrected chi connectivity index (χ0v) is 23.4. The van der Waals surface area contributed by atoms with E-state index in [0.29, 0.717) is 33.6 Å². The first-order valence-corrected chi connectivity index (χ1v) is 13.6. The van der Waals surface area contributed by atoms with Gasteiger partial charge in [0, 0.05) is 38.2 Å². The van der Waals surface area contributed by atoms with Crippen molar-refractivity contribution in [3.63, 3.8) is 0 Å². The monoisotopic (exact) mass is 596 g/mol. The predicted molar refractivity (Wildman–Crippen MR) is 156 cm³/mol. The molecule has 4 N–H and O–H groups in total. The standard InChI is InChI=1S/C32H21ClN2O8/c1-12-19(36)10-18-23(26(12)37)30(41)25-24(27(18)38)29(40)22-17(31(25)43-2)8-3-13-9-14-11-34-35(16-6-4-15(33)5-7-16)32(42)21(14)28(39)20(13)22/h4-7,9-11,36-37,39-40H,3,8H2,1-2H3. The molecule has 11 heteroatoms. The molecule has 10 nitrogen and oxygen atoms in total. The van der Waals surface area contributed by atoms with E-state index in [4.69, 9.17) is 16.3 Å². The van der Waals surface area contributed by atoms with E-state index in [9.17, 15) is 34.8 Å². The first kappa shape index (κ1) is 26.5. The number of carbonyl (C=O) groups excluding carboxylic acids is 2. The Hall–Kier alpha value is -5.35. The molecule has 0 atom stereocenters. The molecule has 214 valence electrons. The highest BCUT2D eigenvalue weighted by atomic mass is 35.5. The van der Waals surface area contributed by atoms with Gasteiger partial charge in [-0.05, 0) is 61.7 Å². The normalized spacial score (nSPS) is 13.4. The molecular formula is C32H21ClN2O8. The summed E-state index contributed by atoms with van der Waals surface area (Å²) in [5.41, 5.74) is -0.282. The van der Waals surface area contributed by atoms with Crippen molar-refractivity contribution in [1.82, 2.24) is 9.78 Å². The highest BCUT2D eigenvalue weighted by Crippen LogP contribution is 2.54. The van der Waals surface area contributed by atoms with Crippen molar-refractivity contribution in [2.24, 2.45) is 0 Å². The Labute approximate surface area is 247 Å². The smallest absolute Gasteiger partial charge is 0.283 e. The lowest BCUT2D eigenvalue weighted by molar-refractivity contribution is 0.0971. The van der Waals surface area contributed by atoms with Crippen molar-refractivity contribution >= 4 is 33.9 Å². The summed E-state index contributed by atoms with van der Waals surface area (Å²) in [6, 6.07) is 9.18. The van der Waals surface area contributed by atoms with Crippen LogP contribution in [-0.2, 0) is 12.8 Å². The summed E-state index contributed by atoms with van der Waals surface area (Å²) in [5.74, 6) is -3.53. The van der Waals surface area contributed by atoms with Gasteiger partial charge < -0.3 is 25.2 Å². The maximum atomic E-state index is 13.8. The van der Waals surface area contributed by atoms with Gasteiger partial charge in [-0.15, -0.1) is 0 Å². The van der Waals surface area contributed by atoms with Crippen LogP contribution in [0.25, 0.3) is 27.6 Å². The number of aromatic hydroxyl groups is 4. The van der Waals surface area contributed by atoms with Gasteiger partial charge in [0.25, 0.3) is 5.56 Å². The fraction of sp³-hybridized carbons (Fsp3) is 0.125. The summed E-state index contributed by atoms with van der Waals surface area (Å²) in [4.78, 5) is 41.3. The molecule has 0 aliphatic heterocycles. The van der Waals surface area contributed by atoms with E-state index in [0.717, 1.165) is 10.7 Å². The molecule has 43 heavy (non-hydrogen) atoms. The van der Waals surface area contributed by atoms with Crippen LogP contribution in [0.15, 0.2) is 47.4 Å². The Balaban J connectivity index is 1.54. The quantitative estimate of drug-likeness (QED) is 0.222. The largest absolute Gasteiger partial charge is 0.508 e. The average molecular weight is 597 g/mol. The Bertz CT molecular complexity index is 2180. The van der Waals surface area contributed by atoms with Crippen molar-refractivity contribution in [3.05, 3.63) is 96.9 Å². The molecule has 7 rings (SSSR count). The minimum atomic E-state index is -0.824. The zero-order valence-electron chi connectivity index (χ0n) is 22.6. The van der Waals surface area contributed by atoms with E-state index in [-0.39, 0.29) is 50.9 Å². The molecule has 2 aliphatic carbocycles. The lowest BCUT2D eigenvalue weighted by Crippen LogP contribution is -2.24. The lowest BCUT2D eigenvalue weighted by Gasteiger charge is -2.29. The van der Waals surface area contributed by atoms with Gasteiger partial charge in [0.05, 0.1) is 41.1 Å². The van der Waals surface area contributed by atoms with Gasteiger partial charge in [0.1, 0.15) is 28.7 Å². The first-order chi connectivity index (χ1) is 20.5. The van der Waals surface area contributed by atoms with Crippen LogP contribution in [-0.4, -0.2) is 48.9 Å². The SMILES string of the molecule is COc1c2c(c(O)c3c1C(=O)c1c(cc(O)c(C)c1O)C3=O)-c1c(cc3cnn(-c4ccc(Cl)cc4)c(=O)c3c1O)CC2. The van der Waals surface area contributed by atoms with Gasteiger partial charge in [-0.25, -0.2) is 0 Å². The molecule has 0 bridgehead atoms. The van der Waals surface area contributed by atoms with Crippen LogP contribution in [0.4, 0.5) is 0 Å². The van der Waals surface area contributed by atoms with Gasteiger partial charge in [-0.1, -0.05) is 11.6 Å². The third-order valence-corrected chi connectivity index (χ3v) is 8.53. The first-order valence-electron chi connectivity index (χ1n) is 13.2. The number of fused-ring (bicyclic) bond motifs is 6. The number of methoxy groups -OCH3 is 1. The zero-order chi connectivity index (χ0) is 30.5. The molecule has 1 aromatic heterocycles. The topological polar surface area (TPSA) is 159 Å². The number of benzene rings is 4. The summed E-state index contributed by atoms with van der Waals surface area (Å²) < 4.78 is 6.78. The van der Waals surface area contributed by atoms with Crippen LogP contribution >= 0.6 is 11.6 Å². The van der Waals surface area contributed by atoms with E-state index in [1.165, 1.54) is 20.2 Å². The van der Waals surface area contributed by atoms with E-state index in [1.807, 2.05) is 0 Å². The number of aryl methyl sites for hydroxylation is 1. The number of hydrogen-bond donors (Lipinski definition) is 4. The third kappa shape index (κ3) is 3.47. The second-order valence-electron chi connectivity index (χ2n) is 10.5. The van der Waals surface area contributed by atoms with Crippen LogP contribution in [0.3, 0.4) is 0 Å². The van der Waals surface area contributed by atoms with Gasteiger partial charge in [-0.3, -0.25) is 14.4 Å². The van der Waals surface area contributed by atoms with Crippen LogP contribution in [0, 0.1) is 6.92 Å². The van der Waals surface area contributed by atoms with Crippen LogP contribution in [0.2, 0.25) is 5.02 Å². The van der Waals surface area contributed by atoms with Crippen LogP contribution < -0.4 is 10.3 Å². The van der Waals surface area contributed by atoms with Crippen LogP contribution in [0.5, 0.6) is 28.7 Å². The van der Waals surface area contributed by atoms with E-state index in [1.54, 1.807) is 30.3 Å². The second kappa shape index (κ2) is 9.07. The summed E-state index contributed by atoms with van der Waals surface area (Å²) >= 11 is 5.99. The van der Waals surface area contributed by atoms with Crippen molar-refractivity contribution < 1.29 is 34.8 Å². The molecule has 0 saturated heterocycles. The summed E-state index contributed by atoms with van der Waals surface area (Å²) in [6.07, 6.45) is 2.06. The molecule has 0 amide bonds. The van der Waals surface area contributed by atoms with Crippen LogP contribution in [0.1, 0.15) is 48.5 Å². The minimum Gasteiger partial charge on any atom is -0.508 e. The van der Waals surface area contributed by atoms with Gasteiger partial charge in [0.15, 0.2) is 5.78 Å². The van der Waals surface area contributed by atoms with E-state index < -0.39 is 45.7 Å². The molecule has 1 heterocycles. The highest BCUT2D eigenvalue weighted by molar-refractivity contribution is 6.32. The molecule has 0 radical (unpaired) electrons. The average Bonchev–Trinajstić information content (AvgIpc) is 2.99. The number of phenols is 4. The fourth-order valence-electron chi connectivity index (χ4n) is 6.21.